The second-order valence-electron chi connectivity index (χ2n) is 7.26. The summed E-state index contributed by atoms with van der Waals surface area (Å²) in [5.74, 6) is 1.79. The Labute approximate surface area is 154 Å². The molecule has 2 unspecified atom stereocenters. The zero-order chi connectivity index (χ0) is 17.2. The molecule has 1 fully saturated rings. The first-order valence-electron chi connectivity index (χ1n) is 9.29. The smallest absolute Gasteiger partial charge is 0.123 e. The van der Waals surface area contributed by atoms with Crippen molar-refractivity contribution in [3.05, 3.63) is 45.4 Å². The van der Waals surface area contributed by atoms with Crippen LogP contribution in [-0.2, 0) is 19.4 Å². The van der Waals surface area contributed by atoms with Crippen LogP contribution in [0.1, 0.15) is 40.5 Å². The van der Waals surface area contributed by atoms with Crippen molar-refractivity contribution in [1.29, 1.82) is 0 Å². The largest absolute Gasteiger partial charge is 0.496 e. The van der Waals surface area contributed by atoms with Gasteiger partial charge in [0.1, 0.15) is 10.8 Å². The molecular formula is C20H27N3OS. The predicted octanol–water partition coefficient (Wildman–Crippen LogP) is 3.42. The lowest BCUT2D eigenvalue weighted by Crippen LogP contribution is -2.45. The zero-order valence-corrected chi connectivity index (χ0v) is 15.9. The maximum absolute atomic E-state index is 5.61. The van der Waals surface area contributed by atoms with E-state index in [1.54, 1.807) is 7.11 Å². The normalized spacial score (nSPS) is 24.1. The highest BCUT2D eigenvalue weighted by Crippen LogP contribution is 2.34. The van der Waals surface area contributed by atoms with Gasteiger partial charge in [-0.3, -0.25) is 4.90 Å². The Hall–Kier alpha value is -1.43. The molecule has 2 atom stereocenters. The SMILES string of the molecule is COc1ccccc1C1CNCCN1Cc1nc2c(s1)CC(C)CC2. The van der Waals surface area contributed by atoms with Crippen LogP contribution in [0.5, 0.6) is 5.75 Å². The van der Waals surface area contributed by atoms with Crippen LogP contribution in [-0.4, -0.2) is 36.6 Å². The Morgan fingerprint density at radius 1 is 1.36 bits per heavy atom. The molecule has 0 radical (unpaired) electrons. The maximum Gasteiger partial charge on any atom is 0.123 e. The first-order valence-corrected chi connectivity index (χ1v) is 10.1. The number of para-hydroxylation sites is 1. The van der Waals surface area contributed by atoms with E-state index in [0.717, 1.165) is 44.3 Å². The minimum absolute atomic E-state index is 0.338. The van der Waals surface area contributed by atoms with Gasteiger partial charge in [-0.2, -0.15) is 0 Å². The van der Waals surface area contributed by atoms with Crippen LogP contribution in [0.3, 0.4) is 0 Å². The van der Waals surface area contributed by atoms with Crippen LogP contribution in [0.4, 0.5) is 0 Å². The lowest BCUT2D eigenvalue weighted by atomic mass is 9.93. The fourth-order valence-corrected chi connectivity index (χ4v) is 5.32. The van der Waals surface area contributed by atoms with Crippen molar-refractivity contribution >= 4 is 11.3 Å². The van der Waals surface area contributed by atoms with Gasteiger partial charge in [-0.1, -0.05) is 25.1 Å². The van der Waals surface area contributed by atoms with Gasteiger partial charge in [0.05, 0.1) is 25.4 Å². The summed E-state index contributed by atoms with van der Waals surface area (Å²) < 4.78 is 5.61. The van der Waals surface area contributed by atoms with Gasteiger partial charge >= 0.3 is 0 Å². The summed E-state index contributed by atoms with van der Waals surface area (Å²) in [7, 11) is 1.76. The first kappa shape index (κ1) is 17.0. The summed E-state index contributed by atoms with van der Waals surface area (Å²) in [6.45, 7) is 6.34. The first-order chi connectivity index (χ1) is 12.2. The molecule has 2 aromatic rings. The number of nitrogens with zero attached hydrogens (tertiary/aromatic N) is 2. The lowest BCUT2D eigenvalue weighted by Gasteiger charge is -2.36. The third-order valence-corrected chi connectivity index (χ3v) is 6.53. The van der Waals surface area contributed by atoms with Crippen LogP contribution in [0, 0.1) is 5.92 Å². The van der Waals surface area contributed by atoms with Gasteiger partial charge in [-0.05, 0) is 31.2 Å². The number of aromatic nitrogens is 1. The van der Waals surface area contributed by atoms with Gasteiger partial charge in [0, 0.05) is 30.1 Å². The van der Waals surface area contributed by atoms with E-state index < -0.39 is 0 Å². The Balaban J connectivity index is 1.56. The molecule has 25 heavy (non-hydrogen) atoms. The van der Waals surface area contributed by atoms with Crippen molar-refractivity contribution in [2.75, 3.05) is 26.7 Å². The molecule has 0 amide bonds. The van der Waals surface area contributed by atoms with Crippen molar-refractivity contribution in [1.82, 2.24) is 15.2 Å². The number of benzene rings is 1. The Bertz CT molecular complexity index is 729. The molecule has 5 heteroatoms. The molecule has 1 saturated heterocycles. The number of fused-ring (bicyclic) bond motifs is 1. The van der Waals surface area contributed by atoms with Gasteiger partial charge in [0.15, 0.2) is 0 Å². The number of hydrogen-bond acceptors (Lipinski definition) is 5. The number of rotatable bonds is 4. The highest BCUT2D eigenvalue weighted by molar-refractivity contribution is 7.11. The van der Waals surface area contributed by atoms with E-state index in [1.165, 1.54) is 34.0 Å². The third kappa shape index (κ3) is 3.59. The monoisotopic (exact) mass is 357 g/mol. The number of ether oxygens (including phenoxy) is 1. The number of hydrogen-bond donors (Lipinski definition) is 1. The minimum atomic E-state index is 0.338. The standard InChI is InChI=1S/C20H27N3OS/c1-14-7-8-16-19(11-14)25-20(22-16)13-23-10-9-21-12-17(23)15-5-3-4-6-18(15)24-2/h3-6,14,17,21H,7-13H2,1-2H3. The van der Waals surface area contributed by atoms with E-state index in [2.05, 4.69) is 35.3 Å². The predicted molar refractivity (Wildman–Crippen MR) is 102 cm³/mol. The highest BCUT2D eigenvalue weighted by atomic mass is 32.1. The Morgan fingerprint density at radius 3 is 3.12 bits per heavy atom. The average molecular weight is 358 g/mol. The number of nitrogens with one attached hydrogen (secondary N) is 1. The molecule has 1 aromatic carbocycles. The van der Waals surface area contributed by atoms with Gasteiger partial charge in [-0.25, -0.2) is 4.98 Å². The fraction of sp³-hybridized carbons (Fsp3) is 0.550. The molecule has 1 aliphatic carbocycles. The van der Waals surface area contributed by atoms with Gasteiger partial charge in [0.2, 0.25) is 0 Å². The quantitative estimate of drug-likeness (QED) is 0.910. The molecule has 0 bridgehead atoms. The maximum atomic E-state index is 5.61. The van der Waals surface area contributed by atoms with E-state index in [4.69, 9.17) is 9.72 Å². The van der Waals surface area contributed by atoms with E-state index >= 15 is 0 Å². The van der Waals surface area contributed by atoms with Crippen LogP contribution in [0.15, 0.2) is 24.3 Å². The van der Waals surface area contributed by atoms with Gasteiger partial charge < -0.3 is 10.1 Å². The van der Waals surface area contributed by atoms with Gasteiger partial charge in [0.25, 0.3) is 0 Å². The number of thiazole rings is 1. The summed E-state index contributed by atoms with van der Waals surface area (Å²) in [5.41, 5.74) is 2.63. The molecule has 1 aromatic heterocycles. The summed E-state index contributed by atoms with van der Waals surface area (Å²) in [5, 5.41) is 4.82. The van der Waals surface area contributed by atoms with Crippen molar-refractivity contribution in [3.8, 4) is 5.75 Å². The molecule has 0 spiro atoms. The van der Waals surface area contributed by atoms with Gasteiger partial charge in [-0.15, -0.1) is 11.3 Å². The molecule has 1 N–H and O–H groups in total. The molecule has 2 aliphatic rings. The van der Waals surface area contributed by atoms with E-state index in [0.29, 0.717) is 6.04 Å². The molecular weight excluding hydrogens is 330 g/mol. The molecule has 2 heterocycles. The number of piperazine rings is 1. The Morgan fingerprint density at radius 2 is 2.24 bits per heavy atom. The second-order valence-corrected chi connectivity index (χ2v) is 8.43. The van der Waals surface area contributed by atoms with Crippen LogP contribution < -0.4 is 10.1 Å². The minimum Gasteiger partial charge on any atom is -0.496 e. The van der Waals surface area contributed by atoms with Crippen LogP contribution in [0.25, 0.3) is 0 Å². The zero-order valence-electron chi connectivity index (χ0n) is 15.1. The molecule has 4 nitrogen and oxygen atoms in total. The van der Waals surface area contributed by atoms with Crippen molar-refractivity contribution < 1.29 is 4.74 Å². The molecule has 134 valence electrons. The summed E-state index contributed by atoms with van der Waals surface area (Å²) in [6.07, 6.45) is 3.66. The Kier molecular flexibility index (Phi) is 5.06. The van der Waals surface area contributed by atoms with Crippen molar-refractivity contribution in [3.63, 3.8) is 0 Å². The topological polar surface area (TPSA) is 37.4 Å². The van der Waals surface area contributed by atoms with E-state index in [9.17, 15) is 0 Å². The van der Waals surface area contributed by atoms with E-state index in [-0.39, 0.29) is 0 Å². The van der Waals surface area contributed by atoms with Crippen LogP contribution in [0.2, 0.25) is 0 Å². The van der Waals surface area contributed by atoms with Crippen molar-refractivity contribution in [2.24, 2.45) is 5.92 Å². The number of methoxy groups -OCH3 is 1. The molecule has 4 rings (SSSR count). The average Bonchev–Trinajstić information content (AvgIpc) is 3.03. The van der Waals surface area contributed by atoms with E-state index in [1.807, 2.05) is 17.4 Å². The third-order valence-electron chi connectivity index (χ3n) is 5.42. The molecule has 1 aliphatic heterocycles. The lowest BCUT2D eigenvalue weighted by molar-refractivity contribution is 0.151. The molecule has 0 saturated carbocycles. The summed E-state index contributed by atoms with van der Waals surface area (Å²) in [4.78, 5) is 9.06. The summed E-state index contributed by atoms with van der Waals surface area (Å²) >= 11 is 1.94. The highest BCUT2D eigenvalue weighted by Gasteiger charge is 2.28. The summed E-state index contributed by atoms with van der Waals surface area (Å²) in [6, 6.07) is 8.74. The van der Waals surface area contributed by atoms with Crippen molar-refractivity contribution in [2.45, 2.75) is 38.8 Å². The second kappa shape index (κ2) is 7.44. The van der Waals surface area contributed by atoms with Crippen LogP contribution >= 0.6 is 11.3 Å². The fourth-order valence-electron chi connectivity index (χ4n) is 4.02. The number of aryl methyl sites for hydroxylation is 1.